The maximum atomic E-state index is 10.8. The van der Waals surface area contributed by atoms with Crippen molar-refractivity contribution in [2.24, 2.45) is 5.92 Å². The first kappa shape index (κ1) is 15.4. The Labute approximate surface area is 113 Å². The van der Waals surface area contributed by atoms with Crippen molar-refractivity contribution in [3.05, 3.63) is 27.9 Å². The van der Waals surface area contributed by atoms with E-state index in [0.29, 0.717) is 23.8 Å². The normalized spacial score (nSPS) is 12.2. The molecule has 1 aromatic heterocycles. The minimum atomic E-state index is -0.403. The van der Waals surface area contributed by atoms with Crippen LogP contribution < -0.4 is 5.32 Å². The van der Waals surface area contributed by atoms with Crippen LogP contribution in [0.5, 0.6) is 0 Å². The van der Waals surface area contributed by atoms with Crippen LogP contribution in [0.4, 0.5) is 11.5 Å². The third-order valence-electron chi connectivity index (χ3n) is 3.08. The number of rotatable bonds is 8. The van der Waals surface area contributed by atoms with E-state index in [2.05, 4.69) is 17.2 Å². The van der Waals surface area contributed by atoms with Crippen molar-refractivity contribution in [2.75, 3.05) is 18.5 Å². The van der Waals surface area contributed by atoms with E-state index in [-0.39, 0.29) is 12.3 Å². The second-order valence-corrected chi connectivity index (χ2v) is 4.66. The molecule has 0 spiro atoms. The third-order valence-corrected chi connectivity index (χ3v) is 3.08. The van der Waals surface area contributed by atoms with E-state index in [9.17, 15) is 10.1 Å². The fourth-order valence-electron chi connectivity index (χ4n) is 1.99. The van der Waals surface area contributed by atoms with Crippen LogP contribution in [-0.2, 0) is 0 Å². The fourth-order valence-corrected chi connectivity index (χ4v) is 1.99. The average Bonchev–Trinajstić information content (AvgIpc) is 2.37. The maximum absolute atomic E-state index is 10.8. The molecule has 1 aromatic rings. The van der Waals surface area contributed by atoms with Gasteiger partial charge in [0.25, 0.3) is 5.69 Å². The van der Waals surface area contributed by atoms with Crippen molar-refractivity contribution in [3.63, 3.8) is 0 Å². The molecule has 1 atom stereocenters. The van der Waals surface area contributed by atoms with E-state index in [0.717, 1.165) is 19.3 Å². The van der Waals surface area contributed by atoms with Crippen molar-refractivity contribution in [3.8, 4) is 0 Å². The van der Waals surface area contributed by atoms with Crippen LogP contribution in [-0.4, -0.2) is 28.2 Å². The van der Waals surface area contributed by atoms with E-state index >= 15 is 0 Å². The number of hydrogen-bond acceptors (Lipinski definition) is 5. The number of aliphatic hydroxyl groups is 1. The number of pyridine rings is 1. The Morgan fingerprint density at radius 1 is 1.53 bits per heavy atom. The van der Waals surface area contributed by atoms with E-state index in [1.165, 1.54) is 12.3 Å². The SMILES string of the molecule is CCCC(CCO)CNc1cc([N+](=O)[O-])c(C)cn1. The Balaban J connectivity index is 2.66. The first-order valence-corrected chi connectivity index (χ1v) is 6.54. The quantitative estimate of drug-likeness (QED) is 0.558. The molecule has 0 aromatic carbocycles. The van der Waals surface area contributed by atoms with Gasteiger partial charge in [0.1, 0.15) is 5.82 Å². The van der Waals surface area contributed by atoms with Crippen molar-refractivity contribution >= 4 is 11.5 Å². The largest absolute Gasteiger partial charge is 0.396 e. The molecule has 106 valence electrons. The van der Waals surface area contributed by atoms with E-state index in [1.807, 2.05) is 0 Å². The van der Waals surface area contributed by atoms with Crippen molar-refractivity contribution < 1.29 is 10.0 Å². The van der Waals surface area contributed by atoms with Gasteiger partial charge in [-0.2, -0.15) is 0 Å². The molecule has 0 fully saturated rings. The molecule has 2 N–H and O–H groups in total. The first-order valence-electron chi connectivity index (χ1n) is 6.54. The zero-order valence-electron chi connectivity index (χ0n) is 11.4. The summed E-state index contributed by atoms with van der Waals surface area (Å²) in [5.41, 5.74) is 0.628. The molecular weight excluding hydrogens is 246 g/mol. The first-order chi connectivity index (χ1) is 9.08. The summed E-state index contributed by atoms with van der Waals surface area (Å²) in [6, 6.07) is 1.46. The topological polar surface area (TPSA) is 88.3 Å². The Bertz CT molecular complexity index is 418. The van der Waals surface area contributed by atoms with Crippen molar-refractivity contribution in [1.82, 2.24) is 4.98 Å². The molecule has 6 nitrogen and oxygen atoms in total. The van der Waals surface area contributed by atoms with Crippen LogP contribution in [0.3, 0.4) is 0 Å². The number of anilines is 1. The fraction of sp³-hybridized carbons (Fsp3) is 0.615. The smallest absolute Gasteiger partial charge is 0.277 e. The highest BCUT2D eigenvalue weighted by atomic mass is 16.6. The molecule has 0 aliphatic heterocycles. The lowest BCUT2D eigenvalue weighted by molar-refractivity contribution is -0.385. The van der Waals surface area contributed by atoms with Crippen LogP contribution >= 0.6 is 0 Å². The highest BCUT2D eigenvalue weighted by Gasteiger charge is 2.13. The molecule has 6 heteroatoms. The molecule has 0 saturated carbocycles. The highest BCUT2D eigenvalue weighted by Crippen LogP contribution is 2.20. The second-order valence-electron chi connectivity index (χ2n) is 4.66. The Morgan fingerprint density at radius 2 is 2.26 bits per heavy atom. The van der Waals surface area contributed by atoms with Gasteiger partial charge in [-0.15, -0.1) is 0 Å². The summed E-state index contributed by atoms with van der Waals surface area (Å²) in [6.45, 7) is 4.59. The number of nitro groups is 1. The van der Waals surface area contributed by atoms with Crippen LogP contribution in [0, 0.1) is 23.0 Å². The van der Waals surface area contributed by atoms with E-state index in [4.69, 9.17) is 5.11 Å². The van der Waals surface area contributed by atoms with Gasteiger partial charge in [0.2, 0.25) is 0 Å². The monoisotopic (exact) mass is 267 g/mol. The molecule has 0 amide bonds. The third kappa shape index (κ3) is 4.82. The maximum Gasteiger partial charge on any atom is 0.277 e. The second kappa shape index (κ2) is 7.68. The average molecular weight is 267 g/mol. The minimum Gasteiger partial charge on any atom is -0.396 e. The van der Waals surface area contributed by atoms with Gasteiger partial charge in [0.05, 0.1) is 11.0 Å². The van der Waals surface area contributed by atoms with E-state index < -0.39 is 4.92 Å². The molecule has 0 aliphatic carbocycles. The highest BCUT2D eigenvalue weighted by molar-refractivity contribution is 5.48. The molecule has 0 saturated heterocycles. The minimum absolute atomic E-state index is 0.0756. The van der Waals surface area contributed by atoms with Gasteiger partial charge in [-0.3, -0.25) is 10.1 Å². The van der Waals surface area contributed by atoms with Crippen molar-refractivity contribution in [2.45, 2.75) is 33.1 Å². The van der Waals surface area contributed by atoms with Gasteiger partial charge < -0.3 is 10.4 Å². The summed E-state index contributed by atoms with van der Waals surface area (Å²) >= 11 is 0. The van der Waals surface area contributed by atoms with Gasteiger partial charge in [-0.05, 0) is 25.7 Å². The van der Waals surface area contributed by atoms with Gasteiger partial charge in [0, 0.05) is 24.9 Å². The Morgan fingerprint density at radius 3 is 2.84 bits per heavy atom. The van der Waals surface area contributed by atoms with Crippen LogP contribution in [0.1, 0.15) is 31.7 Å². The predicted octanol–water partition coefficient (Wildman–Crippen LogP) is 2.51. The van der Waals surface area contributed by atoms with Crippen molar-refractivity contribution in [1.29, 1.82) is 0 Å². The van der Waals surface area contributed by atoms with Crippen LogP contribution in [0.15, 0.2) is 12.3 Å². The molecular formula is C13H21N3O3. The van der Waals surface area contributed by atoms with Crippen LogP contribution in [0.2, 0.25) is 0 Å². The molecule has 1 heterocycles. The number of nitrogens with one attached hydrogen (secondary N) is 1. The molecule has 0 radical (unpaired) electrons. The zero-order chi connectivity index (χ0) is 14.3. The van der Waals surface area contributed by atoms with Crippen LogP contribution in [0.25, 0.3) is 0 Å². The lowest BCUT2D eigenvalue weighted by Gasteiger charge is -2.16. The van der Waals surface area contributed by atoms with Gasteiger partial charge in [0.15, 0.2) is 0 Å². The predicted molar refractivity (Wildman–Crippen MR) is 74.2 cm³/mol. The molecule has 1 unspecified atom stereocenters. The Kier molecular flexibility index (Phi) is 6.21. The summed E-state index contributed by atoms with van der Waals surface area (Å²) in [4.78, 5) is 14.6. The summed E-state index contributed by atoms with van der Waals surface area (Å²) in [5, 5.41) is 22.9. The van der Waals surface area contributed by atoms with Gasteiger partial charge in [-0.25, -0.2) is 4.98 Å². The number of aromatic nitrogens is 1. The number of nitrogens with zero attached hydrogens (tertiary/aromatic N) is 2. The zero-order valence-corrected chi connectivity index (χ0v) is 11.4. The Hall–Kier alpha value is -1.69. The molecule has 1 rings (SSSR count). The summed E-state index contributed by atoms with van der Waals surface area (Å²) in [6.07, 6.45) is 4.30. The number of aliphatic hydroxyl groups excluding tert-OH is 1. The summed E-state index contributed by atoms with van der Waals surface area (Å²) in [7, 11) is 0. The summed E-state index contributed by atoms with van der Waals surface area (Å²) < 4.78 is 0. The van der Waals surface area contributed by atoms with E-state index in [1.54, 1.807) is 6.92 Å². The summed E-state index contributed by atoms with van der Waals surface area (Å²) in [5.74, 6) is 0.869. The number of hydrogen-bond donors (Lipinski definition) is 2. The van der Waals surface area contributed by atoms with Gasteiger partial charge in [-0.1, -0.05) is 13.3 Å². The molecule has 0 bridgehead atoms. The number of aryl methyl sites for hydroxylation is 1. The van der Waals surface area contributed by atoms with Gasteiger partial charge >= 0.3 is 0 Å². The standard InChI is InChI=1S/C13H21N3O3/c1-3-4-11(5-6-17)9-15-13-7-12(16(18)19)10(2)8-14-13/h7-8,11,17H,3-6,9H2,1-2H3,(H,14,15). The molecule has 19 heavy (non-hydrogen) atoms. The lowest BCUT2D eigenvalue weighted by atomic mass is 10.0. The molecule has 0 aliphatic rings. The lowest BCUT2D eigenvalue weighted by Crippen LogP contribution is -2.16.